The van der Waals surface area contributed by atoms with Crippen LogP contribution in [0.1, 0.15) is 11.1 Å². The van der Waals surface area contributed by atoms with Crippen molar-refractivity contribution < 1.29 is 22.0 Å². The van der Waals surface area contributed by atoms with Crippen molar-refractivity contribution in [2.75, 3.05) is 0 Å². The van der Waals surface area contributed by atoms with Crippen LogP contribution in [0.25, 0.3) is 11.1 Å². The Morgan fingerprint density at radius 1 is 0.952 bits per heavy atom. The van der Waals surface area contributed by atoms with E-state index in [-0.39, 0.29) is 17.5 Å². The highest BCUT2D eigenvalue weighted by Gasteiger charge is 2.34. The summed E-state index contributed by atoms with van der Waals surface area (Å²) < 4.78 is 64.7. The van der Waals surface area contributed by atoms with Gasteiger partial charge in [-0.05, 0) is 29.3 Å². The van der Waals surface area contributed by atoms with E-state index in [0.717, 1.165) is 12.1 Å². The fraction of sp³-hybridized carbons (Fsp3) is 0.133. The topological polar surface area (TPSA) is 23.8 Å². The van der Waals surface area contributed by atoms with Crippen LogP contribution in [0.3, 0.4) is 0 Å². The normalized spacial score (nSPS) is 11.2. The Kier molecular flexibility index (Phi) is 3.94. The lowest BCUT2D eigenvalue weighted by atomic mass is 10.0. The minimum atomic E-state index is -4.79. The van der Waals surface area contributed by atoms with Crippen LogP contribution in [0, 0.1) is 23.0 Å². The van der Waals surface area contributed by atoms with Crippen molar-refractivity contribution in [1.82, 2.24) is 0 Å². The minimum Gasteiger partial charge on any atom is -0.206 e. The summed E-state index contributed by atoms with van der Waals surface area (Å²) in [5.41, 5.74) is -0.982. The summed E-state index contributed by atoms with van der Waals surface area (Å²) in [5.74, 6) is -2.18. The van der Waals surface area contributed by atoms with Crippen LogP contribution in [0.5, 0.6) is 0 Å². The van der Waals surface area contributed by atoms with E-state index in [4.69, 9.17) is 5.26 Å². The maximum Gasteiger partial charge on any atom is 0.419 e. The Labute approximate surface area is 117 Å². The largest absolute Gasteiger partial charge is 0.419 e. The zero-order valence-electron chi connectivity index (χ0n) is 10.5. The average Bonchev–Trinajstić information content (AvgIpc) is 2.37. The highest BCUT2D eigenvalue weighted by molar-refractivity contribution is 5.65. The van der Waals surface area contributed by atoms with Crippen LogP contribution < -0.4 is 0 Å². The molecular formula is C15H8F5N. The Hall–Kier alpha value is -2.42. The van der Waals surface area contributed by atoms with Gasteiger partial charge in [-0.2, -0.15) is 18.4 Å². The summed E-state index contributed by atoms with van der Waals surface area (Å²) >= 11 is 0. The molecule has 6 heteroatoms. The second-order valence-electron chi connectivity index (χ2n) is 4.34. The molecule has 21 heavy (non-hydrogen) atoms. The van der Waals surface area contributed by atoms with Crippen molar-refractivity contribution in [3.8, 4) is 17.2 Å². The Morgan fingerprint density at radius 3 is 2.19 bits per heavy atom. The van der Waals surface area contributed by atoms with Crippen LogP contribution >= 0.6 is 0 Å². The summed E-state index contributed by atoms with van der Waals surface area (Å²) in [6, 6.07) is 7.97. The van der Waals surface area contributed by atoms with Gasteiger partial charge in [0.25, 0.3) is 0 Å². The van der Waals surface area contributed by atoms with Crippen molar-refractivity contribution in [3.63, 3.8) is 0 Å². The van der Waals surface area contributed by atoms with Gasteiger partial charge in [-0.1, -0.05) is 18.2 Å². The van der Waals surface area contributed by atoms with Crippen molar-refractivity contribution in [1.29, 1.82) is 5.26 Å². The third-order valence-electron chi connectivity index (χ3n) is 2.90. The number of halogens is 5. The van der Waals surface area contributed by atoms with E-state index in [0.29, 0.717) is 17.7 Å². The van der Waals surface area contributed by atoms with E-state index >= 15 is 0 Å². The molecule has 1 nitrogen and oxygen atoms in total. The number of nitrogens with zero attached hydrogens (tertiary/aromatic N) is 1. The van der Waals surface area contributed by atoms with Gasteiger partial charge >= 0.3 is 6.18 Å². The molecule has 0 aliphatic heterocycles. The van der Waals surface area contributed by atoms with Gasteiger partial charge in [0.1, 0.15) is 11.6 Å². The van der Waals surface area contributed by atoms with Crippen molar-refractivity contribution in [3.05, 3.63) is 59.2 Å². The number of alkyl halides is 3. The van der Waals surface area contributed by atoms with Crippen molar-refractivity contribution in [2.45, 2.75) is 12.6 Å². The monoisotopic (exact) mass is 297 g/mol. The third kappa shape index (κ3) is 3.19. The Bertz CT molecular complexity index is 713. The molecule has 0 aliphatic carbocycles. The van der Waals surface area contributed by atoms with Crippen LogP contribution in [0.2, 0.25) is 0 Å². The van der Waals surface area contributed by atoms with E-state index < -0.39 is 23.4 Å². The lowest BCUT2D eigenvalue weighted by Crippen LogP contribution is -2.07. The van der Waals surface area contributed by atoms with Crippen LogP contribution in [0.15, 0.2) is 36.4 Å². The number of nitriles is 1. The van der Waals surface area contributed by atoms with E-state index in [1.54, 1.807) is 0 Å². The van der Waals surface area contributed by atoms with E-state index in [9.17, 15) is 22.0 Å². The maximum atomic E-state index is 13.9. The standard InChI is InChI=1S/C15H8F5N/c16-13-7-9(5-6-21)1-3-11(13)10-2-4-12(14(17)8-10)15(18,19)20/h1-4,7-8H,5H2. The second kappa shape index (κ2) is 5.52. The van der Waals surface area contributed by atoms with Gasteiger partial charge in [-0.3, -0.25) is 0 Å². The first kappa shape index (κ1) is 15.0. The van der Waals surface area contributed by atoms with E-state index in [1.807, 2.05) is 6.07 Å². The predicted octanol–water partition coefficient (Wildman–Crippen LogP) is 4.72. The molecule has 0 spiro atoms. The zero-order valence-corrected chi connectivity index (χ0v) is 10.5. The highest BCUT2D eigenvalue weighted by atomic mass is 19.4. The molecule has 0 fully saturated rings. The van der Waals surface area contributed by atoms with Gasteiger partial charge in [-0.15, -0.1) is 0 Å². The highest BCUT2D eigenvalue weighted by Crippen LogP contribution is 2.34. The Balaban J connectivity index is 2.44. The fourth-order valence-electron chi connectivity index (χ4n) is 1.91. The molecule has 0 heterocycles. The van der Waals surface area contributed by atoms with Gasteiger partial charge in [0, 0.05) is 5.56 Å². The van der Waals surface area contributed by atoms with Gasteiger partial charge in [-0.25, -0.2) is 8.78 Å². The summed E-state index contributed by atoms with van der Waals surface area (Å²) in [5, 5.41) is 8.51. The third-order valence-corrected chi connectivity index (χ3v) is 2.90. The molecule has 0 bridgehead atoms. The number of rotatable bonds is 2. The first-order valence-corrected chi connectivity index (χ1v) is 5.85. The van der Waals surface area contributed by atoms with Crippen LogP contribution in [-0.4, -0.2) is 0 Å². The number of benzene rings is 2. The summed E-state index contributed by atoms with van der Waals surface area (Å²) in [6.07, 6.45) is -4.78. The number of hydrogen-bond acceptors (Lipinski definition) is 1. The Morgan fingerprint density at radius 2 is 1.67 bits per heavy atom. The van der Waals surface area contributed by atoms with Gasteiger partial charge in [0.15, 0.2) is 0 Å². The molecule has 2 rings (SSSR count). The second-order valence-corrected chi connectivity index (χ2v) is 4.34. The SMILES string of the molecule is N#CCc1ccc(-c2ccc(C(F)(F)F)c(F)c2)c(F)c1. The molecule has 0 amide bonds. The van der Waals surface area contributed by atoms with Gasteiger partial charge < -0.3 is 0 Å². The summed E-state index contributed by atoms with van der Waals surface area (Å²) in [6.45, 7) is 0. The molecule has 0 radical (unpaired) electrons. The van der Waals surface area contributed by atoms with Gasteiger partial charge in [0.2, 0.25) is 0 Å². The van der Waals surface area contributed by atoms with Crippen molar-refractivity contribution in [2.24, 2.45) is 0 Å². The fourth-order valence-corrected chi connectivity index (χ4v) is 1.91. The van der Waals surface area contributed by atoms with Crippen LogP contribution in [0.4, 0.5) is 22.0 Å². The molecule has 2 aromatic rings. The van der Waals surface area contributed by atoms with Crippen molar-refractivity contribution >= 4 is 0 Å². The summed E-state index contributed by atoms with van der Waals surface area (Å²) in [4.78, 5) is 0. The lowest BCUT2D eigenvalue weighted by Gasteiger charge is -2.10. The first-order valence-electron chi connectivity index (χ1n) is 5.85. The van der Waals surface area contributed by atoms with E-state index in [1.165, 1.54) is 12.1 Å². The lowest BCUT2D eigenvalue weighted by molar-refractivity contribution is -0.139. The molecule has 0 unspecified atom stereocenters. The molecule has 2 aromatic carbocycles. The average molecular weight is 297 g/mol. The molecule has 0 atom stereocenters. The smallest absolute Gasteiger partial charge is 0.206 e. The van der Waals surface area contributed by atoms with Crippen LogP contribution in [-0.2, 0) is 12.6 Å². The number of hydrogen-bond donors (Lipinski definition) is 0. The first-order chi connectivity index (χ1) is 9.82. The summed E-state index contributed by atoms with van der Waals surface area (Å²) in [7, 11) is 0. The zero-order chi connectivity index (χ0) is 15.6. The maximum absolute atomic E-state index is 13.9. The molecule has 0 saturated carbocycles. The molecule has 108 valence electrons. The van der Waals surface area contributed by atoms with Gasteiger partial charge in [0.05, 0.1) is 18.1 Å². The molecule has 0 saturated heterocycles. The predicted molar refractivity (Wildman–Crippen MR) is 66.1 cm³/mol. The molecule has 0 aliphatic rings. The van der Waals surface area contributed by atoms with E-state index in [2.05, 4.69) is 0 Å². The quantitative estimate of drug-likeness (QED) is 0.736. The molecular weight excluding hydrogens is 289 g/mol. The minimum absolute atomic E-state index is 0.00140. The molecule has 0 aromatic heterocycles. The molecule has 0 N–H and O–H groups in total.